The highest BCUT2D eigenvalue weighted by atomic mass is 79.9. The molecule has 0 aliphatic rings. The monoisotopic (exact) mass is 311 g/mol. The fraction of sp³-hybridized carbons (Fsp3) is 0.250. The van der Waals surface area contributed by atoms with Gasteiger partial charge in [0.25, 0.3) is 0 Å². The fourth-order valence-electron chi connectivity index (χ4n) is 1.54. The van der Waals surface area contributed by atoms with Gasteiger partial charge in [-0.3, -0.25) is 0 Å². The van der Waals surface area contributed by atoms with Gasteiger partial charge < -0.3 is 11.1 Å². The Morgan fingerprint density at radius 2 is 2.29 bits per heavy atom. The van der Waals surface area contributed by atoms with Crippen LogP contribution in [0.4, 0.5) is 11.4 Å². The Morgan fingerprint density at radius 3 is 2.94 bits per heavy atom. The van der Waals surface area contributed by atoms with Crippen molar-refractivity contribution in [3.05, 3.63) is 38.8 Å². The lowest BCUT2D eigenvalue weighted by Gasteiger charge is -2.08. The van der Waals surface area contributed by atoms with Crippen LogP contribution in [0.3, 0.4) is 0 Å². The molecule has 2 rings (SSSR count). The number of halogens is 1. The number of nitrogens with one attached hydrogen (secondary N) is 1. The van der Waals surface area contributed by atoms with Crippen LogP contribution in [0.25, 0.3) is 0 Å². The standard InChI is InChI=1S/C12H14BrN3S/c1-8-16-10(7-17-8)4-5-15-12-3-2-9(13)6-11(12)14/h2-3,6-7,15H,4-5,14H2,1H3. The van der Waals surface area contributed by atoms with E-state index in [1.54, 1.807) is 11.3 Å². The number of rotatable bonds is 4. The second-order valence-corrected chi connectivity index (χ2v) is 5.74. The van der Waals surface area contributed by atoms with Crippen molar-refractivity contribution in [1.29, 1.82) is 0 Å². The Labute approximate surface area is 113 Å². The lowest BCUT2D eigenvalue weighted by Crippen LogP contribution is -2.07. The minimum Gasteiger partial charge on any atom is -0.397 e. The SMILES string of the molecule is Cc1nc(CCNc2ccc(Br)cc2N)cs1. The zero-order valence-electron chi connectivity index (χ0n) is 9.53. The van der Waals surface area contributed by atoms with Gasteiger partial charge in [0, 0.05) is 22.8 Å². The van der Waals surface area contributed by atoms with Crippen molar-refractivity contribution >= 4 is 38.6 Å². The molecule has 1 aromatic heterocycles. The molecule has 0 spiro atoms. The van der Waals surface area contributed by atoms with Gasteiger partial charge in [0.05, 0.1) is 22.1 Å². The summed E-state index contributed by atoms with van der Waals surface area (Å²) in [4.78, 5) is 4.42. The molecule has 2 aromatic rings. The van der Waals surface area contributed by atoms with Crippen LogP contribution in [-0.4, -0.2) is 11.5 Å². The predicted molar refractivity (Wildman–Crippen MR) is 77.6 cm³/mol. The van der Waals surface area contributed by atoms with Gasteiger partial charge in [0.2, 0.25) is 0 Å². The number of nitrogens with two attached hydrogens (primary N) is 1. The van der Waals surface area contributed by atoms with E-state index in [-0.39, 0.29) is 0 Å². The summed E-state index contributed by atoms with van der Waals surface area (Å²) in [5, 5.41) is 6.53. The van der Waals surface area contributed by atoms with Crippen LogP contribution < -0.4 is 11.1 Å². The number of aromatic nitrogens is 1. The first-order chi connectivity index (χ1) is 8.15. The Hall–Kier alpha value is -1.07. The maximum absolute atomic E-state index is 5.90. The second kappa shape index (κ2) is 5.51. The van der Waals surface area contributed by atoms with Crippen LogP contribution in [0, 0.1) is 6.92 Å². The van der Waals surface area contributed by atoms with Crippen molar-refractivity contribution in [1.82, 2.24) is 4.98 Å². The number of benzene rings is 1. The van der Waals surface area contributed by atoms with Crippen molar-refractivity contribution in [3.8, 4) is 0 Å². The Bertz CT molecular complexity index is 510. The van der Waals surface area contributed by atoms with Gasteiger partial charge in [-0.1, -0.05) is 15.9 Å². The summed E-state index contributed by atoms with van der Waals surface area (Å²) in [7, 11) is 0. The van der Waals surface area contributed by atoms with Gasteiger partial charge in [0.15, 0.2) is 0 Å². The minimum absolute atomic E-state index is 0.758. The number of hydrogen-bond acceptors (Lipinski definition) is 4. The fourth-order valence-corrected chi connectivity index (χ4v) is 2.57. The number of hydrogen-bond donors (Lipinski definition) is 2. The summed E-state index contributed by atoms with van der Waals surface area (Å²) >= 11 is 5.07. The molecule has 0 radical (unpaired) electrons. The van der Waals surface area contributed by atoms with Crippen LogP contribution in [0.15, 0.2) is 28.1 Å². The smallest absolute Gasteiger partial charge is 0.0897 e. The molecular formula is C12H14BrN3S. The van der Waals surface area contributed by atoms with Crippen molar-refractivity contribution in [2.24, 2.45) is 0 Å². The third-order valence-corrected chi connectivity index (χ3v) is 3.69. The second-order valence-electron chi connectivity index (χ2n) is 3.77. The summed E-state index contributed by atoms with van der Waals surface area (Å²) in [6.07, 6.45) is 0.917. The summed E-state index contributed by atoms with van der Waals surface area (Å²) in [6.45, 7) is 2.86. The number of nitrogens with zero attached hydrogens (tertiary/aromatic N) is 1. The maximum atomic E-state index is 5.90. The number of thiazole rings is 1. The molecule has 0 aliphatic carbocycles. The molecule has 90 valence electrons. The molecule has 0 saturated carbocycles. The van der Waals surface area contributed by atoms with Gasteiger partial charge in [-0.2, -0.15) is 0 Å². The Kier molecular flexibility index (Phi) is 4.02. The van der Waals surface area contributed by atoms with E-state index in [2.05, 4.69) is 31.6 Å². The highest BCUT2D eigenvalue weighted by molar-refractivity contribution is 9.10. The minimum atomic E-state index is 0.758. The van der Waals surface area contributed by atoms with Gasteiger partial charge in [0.1, 0.15) is 0 Å². The van der Waals surface area contributed by atoms with E-state index < -0.39 is 0 Å². The zero-order valence-corrected chi connectivity index (χ0v) is 11.9. The highest BCUT2D eigenvalue weighted by Crippen LogP contribution is 2.22. The molecule has 0 unspecified atom stereocenters. The molecule has 3 N–H and O–H groups in total. The highest BCUT2D eigenvalue weighted by Gasteiger charge is 2.01. The van der Waals surface area contributed by atoms with Crippen molar-refractivity contribution in [2.75, 3.05) is 17.6 Å². The molecule has 1 heterocycles. The van der Waals surface area contributed by atoms with E-state index in [1.807, 2.05) is 25.1 Å². The van der Waals surface area contributed by atoms with Gasteiger partial charge in [-0.05, 0) is 25.1 Å². The maximum Gasteiger partial charge on any atom is 0.0897 e. The summed E-state index contributed by atoms with van der Waals surface area (Å²) in [5.41, 5.74) is 8.76. The molecule has 0 bridgehead atoms. The molecule has 3 nitrogen and oxygen atoms in total. The lowest BCUT2D eigenvalue weighted by molar-refractivity contribution is 0.969. The van der Waals surface area contributed by atoms with Gasteiger partial charge >= 0.3 is 0 Å². The van der Waals surface area contributed by atoms with E-state index in [0.717, 1.165) is 39.5 Å². The van der Waals surface area contributed by atoms with Gasteiger partial charge in [-0.25, -0.2) is 4.98 Å². The van der Waals surface area contributed by atoms with Crippen LogP contribution in [0.1, 0.15) is 10.7 Å². The van der Waals surface area contributed by atoms with E-state index in [9.17, 15) is 0 Å². The van der Waals surface area contributed by atoms with Crippen LogP contribution in [-0.2, 0) is 6.42 Å². The summed E-state index contributed by atoms with van der Waals surface area (Å²) in [5.74, 6) is 0. The topological polar surface area (TPSA) is 50.9 Å². The van der Waals surface area contributed by atoms with E-state index in [0.29, 0.717) is 0 Å². The first kappa shape index (κ1) is 12.4. The largest absolute Gasteiger partial charge is 0.397 e. The molecule has 0 amide bonds. The summed E-state index contributed by atoms with van der Waals surface area (Å²) in [6, 6.07) is 5.85. The van der Waals surface area contributed by atoms with Crippen molar-refractivity contribution in [3.63, 3.8) is 0 Å². The molecular weight excluding hydrogens is 298 g/mol. The number of anilines is 2. The molecule has 17 heavy (non-hydrogen) atoms. The van der Waals surface area contributed by atoms with E-state index >= 15 is 0 Å². The lowest BCUT2D eigenvalue weighted by atomic mass is 10.2. The molecule has 0 atom stereocenters. The predicted octanol–water partition coefficient (Wildman–Crippen LogP) is 3.45. The first-order valence-corrected chi connectivity index (χ1v) is 7.02. The molecule has 5 heteroatoms. The first-order valence-electron chi connectivity index (χ1n) is 5.35. The average molecular weight is 312 g/mol. The summed E-state index contributed by atoms with van der Waals surface area (Å²) < 4.78 is 0.996. The molecule has 0 aliphatic heterocycles. The number of aryl methyl sites for hydroxylation is 1. The van der Waals surface area contributed by atoms with E-state index in [4.69, 9.17) is 5.73 Å². The molecule has 1 aromatic carbocycles. The molecule has 0 saturated heterocycles. The zero-order chi connectivity index (χ0) is 12.3. The normalized spacial score (nSPS) is 10.5. The third-order valence-electron chi connectivity index (χ3n) is 2.38. The average Bonchev–Trinajstić information content (AvgIpc) is 2.68. The quantitative estimate of drug-likeness (QED) is 0.850. The van der Waals surface area contributed by atoms with Crippen LogP contribution in [0.2, 0.25) is 0 Å². The van der Waals surface area contributed by atoms with Crippen LogP contribution in [0.5, 0.6) is 0 Å². The number of nitrogen functional groups attached to an aromatic ring is 1. The van der Waals surface area contributed by atoms with Crippen molar-refractivity contribution in [2.45, 2.75) is 13.3 Å². The molecule has 0 fully saturated rings. The third kappa shape index (κ3) is 3.44. The van der Waals surface area contributed by atoms with Crippen LogP contribution >= 0.6 is 27.3 Å². The van der Waals surface area contributed by atoms with E-state index in [1.165, 1.54) is 0 Å². The Balaban J connectivity index is 1.90. The Morgan fingerprint density at radius 1 is 1.47 bits per heavy atom. The van der Waals surface area contributed by atoms with Crippen molar-refractivity contribution < 1.29 is 0 Å². The van der Waals surface area contributed by atoms with Gasteiger partial charge in [-0.15, -0.1) is 11.3 Å².